The first-order valence-electron chi connectivity index (χ1n) is 11.0. The molecule has 0 aliphatic carbocycles. The maximum Gasteiger partial charge on any atom is 0.243 e. The highest BCUT2D eigenvalue weighted by Gasteiger charge is 2.27. The van der Waals surface area contributed by atoms with Crippen LogP contribution in [0, 0.1) is 0 Å². The molecule has 182 valence electrons. The summed E-state index contributed by atoms with van der Waals surface area (Å²) in [4.78, 5) is 40.8. The molecule has 1 aromatic heterocycles. The number of carbonyl (C=O) groups excluding carboxylic acids is 3. The van der Waals surface area contributed by atoms with Crippen LogP contribution in [-0.4, -0.2) is 84.4 Å². The number of nitrogens with two attached hydrogens (primary N) is 1. The van der Waals surface area contributed by atoms with Crippen molar-refractivity contribution in [2.24, 2.45) is 5.73 Å². The molecule has 33 heavy (non-hydrogen) atoms. The number of para-hydroxylation sites is 1. The Hall–Kier alpha value is -2.99. The van der Waals surface area contributed by atoms with Gasteiger partial charge >= 0.3 is 0 Å². The van der Waals surface area contributed by atoms with E-state index in [2.05, 4.69) is 26.3 Å². The van der Waals surface area contributed by atoms with Gasteiger partial charge in [-0.05, 0) is 31.0 Å². The van der Waals surface area contributed by atoms with Crippen molar-refractivity contribution < 1.29 is 24.6 Å². The first-order valence-corrected chi connectivity index (χ1v) is 11.0. The van der Waals surface area contributed by atoms with E-state index in [4.69, 9.17) is 10.8 Å². The van der Waals surface area contributed by atoms with Crippen LogP contribution < -0.4 is 27.0 Å². The molecule has 0 fully saturated rings. The number of aromatic nitrogens is 1. The van der Waals surface area contributed by atoms with Crippen LogP contribution in [0.5, 0.6) is 0 Å². The van der Waals surface area contributed by atoms with Gasteiger partial charge in [0, 0.05) is 43.7 Å². The number of amides is 3. The fraction of sp³-hybridized carbons (Fsp3) is 0.500. The summed E-state index contributed by atoms with van der Waals surface area (Å²) < 4.78 is 0. The number of carbonyl (C=O) groups is 3. The smallest absolute Gasteiger partial charge is 0.243 e. The number of aliphatic hydroxyl groups is 2. The third kappa shape index (κ3) is 8.13. The Labute approximate surface area is 192 Å². The fourth-order valence-corrected chi connectivity index (χ4v) is 3.46. The average molecular weight is 463 g/mol. The molecule has 0 saturated heterocycles. The second-order valence-electron chi connectivity index (χ2n) is 7.73. The van der Waals surface area contributed by atoms with Crippen LogP contribution in [0.2, 0.25) is 0 Å². The minimum atomic E-state index is -0.939. The third-order valence-electron chi connectivity index (χ3n) is 5.21. The van der Waals surface area contributed by atoms with Crippen LogP contribution >= 0.6 is 0 Å². The third-order valence-corrected chi connectivity index (χ3v) is 5.21. The van der Waals surface area contributed by atoms with Gasteiger partial charge in [0.15, 0.2) is 0 Å². The lowest BCUT2D eigenvalue weighted by Crippen LogP contribution is -2.55. The molecule has 0 aliphatic rings. The van der Waals surface area contributed by atoms with E-state index in [0.717, 1.165) is 16.5 Å². The molecule has 11 heteroatoms. The number of rotatable bonds is 14. The molecule has 9 N–H and O–H groups in total. The van der Waals surface area contributed by atoms with E-state index < -0.39 is 30.0 Å². The summed E-state index contributed by atoms with van der Waals surface area (Å²) in [5, 5.41) is 30.1. The number of fused-ring (bicyclic) bond motifs is 1. The van der Waals surface area contributed by atoms with Crippen LogP contribution in [-0.2, 0) is 20.8 Å². The van der Waals surface area contributed by atoms with Gasteiger partial charge in [-0.1, -0.05) is 18.2 Å². The zero-order valence-electron chi connectivity index (χ0n) is 18.8. The van der Waals surface area contributed by atoms with E-state index in [0.29, 0.717) is 0 Å². The molecule has 1 heterocycles. The number of benzene rings is 1. The monoisotopic (exact) mass is 462 g/mol. The van der Waals surface area contributed by atoms with E-state index in [1.165, 1.54) is 7.05 Å². The topological polar surface area (TPSA) is 182 Å². The van der Waals surface area contributed by atoms with Crippen LogP contribution in [0.4, 0.5) is 0 Å². The normalized spacial score (nSPS) is 13.8. The molecule has 0 unspecified atom stereocenters. The second-order valence-corrected chi connectivity index (χ2v) is 7.73. The Morgan fingerprint density at radius 1 is 1.09 bits per heavy atom. The van der Waals surface area contributed by atoms with Crippen molar-refractivity contribution in [3.8, 4) is 0 Å². The average Bonchev–Trinajstić information content (AvgIpc) is 3.20. The lowest BCUT2D eigenvalue weighted by molar-refractivity contribution is -0.131. The molecule has 0 saturated carbocycles. The van der Waals surface area contributed by atoms with Crippen molar-refractivity contribution in [1.29, 1.82) is 0 Å². The van der Waals surface area contributed by atoms with Gasteiger partial charge in [0.25, 0.3) is 0 Å². The summed E-state index contributed by atoms with van der Waals surface area (Å²) in [7, 11) is 1.47. The molecule has 0 bridgehead atoms. The van der Waals surface area contributed by atoms with Crippen molar-refractivity contribution in [2.75, 3.05) is 33.3 Å². The minimum absolute atomic E-state index is 0.123. The quantitative estimate of drug-likeness (QED) is 0.161. The SMILES string of the molecule is CNC(=O)[C@H](CCN)NC(=O)[C@H](Cc1c[nH]c2ccccc12)NC(=O)CNC[C@H](O)CCO. The maximum absolute atomic E-state index is 13.1. The van der Waals surface area contributed by atoms with E-state index in [1.807, 2.05) is 24.3 Å². The summed E-state index contributed by atoms with van der Waals surface area (Å²) in [5.74, 6) is -1.32. The zero-order chi connectivity index (χ0) is 24.2. The molecule has 1 aromatic carbocycles. The molecule has 2 rings (SSSR count). The summed E-state index contributed by atoms with van der Waals surface area (Å²) in [5.41, 5.74) is 7.32. The predicted octanol–water partition coefficient (Wildman–Crippen LogP) is -1.89. The Kier molecular flexibility index (Phi) is 10.8. The first-order chi connectivity index (χ1) is 15.9. The van der Waals surface area contributed by atoms with Crippen LogP contribution in [0.1, 0.15) is 18.4 Å². The van der Waals surface area contributed by atoms with Gasteiger partial charge in [0.05, 0.1) is 12.6 Å². The molecule has 0 radical (unpaired) electrons. The van der Waals surface area contributed by atoms with Gasteiger partial charge in [-0.15, -0.1) is 0 Å². The zero-order valence-corrected chi connectivity index (χ0v) is 18.8. The highest BCUT2D eigenvalue weighted by Crippen LogP contribution is 2.19. The summed E-state index contributed by atoms with van der Waals surface area (Å²) >= 11 is 0. The second kappa shape index (κ2) is 13.5. The number of hydrogen-bond acceptors (Lipinski definition) is 7. The van der Waals surface area contributed by atoms with Crippen molar-refractivity contribution >= 4 is 28.6 Å². The Morgan fingerprint density at radius 3 is 2.55 bits per heavy atom. The molecule has 3 amide bonds. The Bertz CT molecular complexity index is 918. The summed E-state index contributed by atoms with van der Waals surface area (Å²) in [6.07, 6.45) is 1.66. The molecule has 2 aromatic rings. The van der Waals surface area contributed by atoms with Gasteiger partial charge in [-0.3, -0.25) is 14.4 Å². The predicted molar refractivity (Wildman–Crippen MR) is 124 cm³/mol. The van der Waals surface area contributed by atoms with Gasteiger partial charge in [0.2, 0.25) is 17.7 Å². The molecular weight excluding hydrogens is 428 g/mol. The van der Waals surface area contributed by atoms with Crippen molar-refractivity contribution in [1.82, 2.24) is 26.3 Å². The van der Waals surface area contributed by atoms with Crippen LogP contribution in [0.15, 0.2) is 30.5 Å². The lowest BCUT2D eigenvalue weighted by Gasteiger charge is -2.22. The van der Waals surface area contributed by atoms with Gasteiger partial charge in [-0.25, -0.2) is 0 Å². The highest BCUT2D eigenvalue weighted by molar-refractivity contribution is 5.93. The number of aliphatic hydroxyl groups excluding tert-OH is 2. The number of nitrogens with one attached hydrogen (secondary N) is 5. The molecule has 0 aliphatic heterocycles. The Morgan fingerprint density at radius 2 is 1.85 bits per heavy atom. The van der Waals surface area contributed by atoms with Gasteiger partial charge in [-0.2, -0.15) is 0 Å². The van der Waals surface area contributed by atoms with E-state index >= 15 is 0 Å². The number of H-pyrrole nitrogens is 1. The van der Waals surface area contributed by atoms with Crippen LogP contribution in [0.25, 0.3) is 10.9 Å². The minimum Gasteiger partial charge on any atom is -0.396 e. The van der Waals surface area contributed by atoms with E-state index in [1.54, 1.807) is 6.20 Å². The van der Waals surface area contributed by atoms with Crippen molar-refractivity contribution in [3.63, 3.8) is 0 Å². The highest BCUT2D eigenvalue weighted by atomic mass is 16.3. The number of likely N-dealkylation sites (N-methyl/N-ethyl adjacent to an activating group) is 1. The fourth-order valence-electron chi connectivity index (χ4n) is 3.46. The summed E-state index contributed by atoms with van der Waals surface area (Å²) in [6, 6.07) is 5.86. The standard InChI is InChI=1S/C22H34N6O5/c1-24-21(32)18(6-8-23)28-22(33)19(27-20(31)13-25-12-15(30)7-9-29)10-14-11-26-17-5-3-2-4-16(14)17/h2-5,11,15,18-19,25-26,29-30H,6-10,12-13,23H2,1H3,(H,24,32)(H,27,31)(H,28,33)/t15-,18+,19+/m1/s1. The Balaban J connectivity index is 2.12. The number of hydrogen-bond donors (Lipinski definition) is 8. The van der Waals surface area contributed by atoms with Crippen molar-refractivity contribution in [2.45, 2.75) is 37.5 Å². The molecule has 0 spiro atoms. The van der Waals surface area contributed by atoms with Crippen LogP contribution in [0.3, 0.4) is 0 Å². The lowest BCUT2D eigenvalue weighted by atomic mass is 10.0. The number of aromatic amines is 1. The molecule has 3 atom stereocenters. The van der Waals surface area contributed by atoms with E-state index in [9.17, 15) is 19.5 Å². The van der Waals surface area contributed by atoms with Crippen molar-refractivity contribution in [3.05, 3.63) is 36.0 Å². The summed E-state index contributed by atoms with van der Waals surface area (Å²) in [6.45, 7) is 0.0551. The largest absolute Gasteiger partial charge is 0.396 e. The molecular formula is C22H34N6O5. The molecule has 11 nitrogen and oxygen atoms in total. The van der Waals surface area contributed by atoms with Gasteiger partial charge < -0.3 is 42.2 Å². The maximum atomic E-state index is 13.1. The van der Waals surface area contributed by atoms with E-state index in [-0.39, 0.29) is 51.4 Å². The first kappa shape index (κ1) is 26.3. The van der Waals surface area contributed by atoms with Gasteiger partial charge in [0.1, 0.15) is 12.1 Å².